The SMILES string of the molecule is O=C([O-])c1cc(F)c(Cl)cc1F. The molecular formula is C7H2ClF2O2-. The van der Waals surface area contributed by atoms with Crippen LogP contribution in [0.1, 0.15) is 10.4 Å². The van der Waals surface area contributed by atoms with Crippen molar-refractivity contribution >= 4 is 17.6 Å². The van der Waals surface area contributed by atoms with E-state index in [-0.39, 0.29) is 0 Å². The van der Waals surface area contributed by atoms with Crippen LogP contribution in [0.5, 0.6) is 0 Å². The van der Waals surface area contributed by atoms with Crippen molar-refractivity contribution in [1.29, 1.82) is 0 Å². The number of carboxylic acid groups (broad SMARTS) is 1. The Hall–Kier alpha value is -1.16. The molecule has 0 aliphatic carbocycles. The van der Waals surface area contributed by atoms with Crippen molar-refractivity contribution in [2.24, 2.45) is 0 Å². The van der Waals surface area contributed by atoms with E-state index >= 15 is 0 Å². The monoisotopic (exact) mass is 191 g/mol. The third-order valence-electron chi connectivity index (χ3n) is 1.23. The number of aromatic carboxylic acids is 1. The van der Waals surface area contributed by atoms with Crippen LogP contribution in [0.25, 0.3) is 0 Å². The summed E-state index contributed by atoms with van der Waals surface area (Å²) in [5.74, 6) is -3.87. The highest BCUT2D eigenvalue weighted by atomic mass is 35.5. The molecule has 1 rings (SSSR count). The summed E-state index contributed by atoms with van der Waals surface area (Å²) in [6, 6.07) is 1.06. The Morgan fingerprint density at radius 3 is 2.42 bits per heavy atom. The quantitative estimate of drug-likeness (QED) is 0.621. The molecule has 0 aliphatic rings. The Labute approximate surface area is 71.4 Å². The second-order valence-electron chi connectivity index (χ2n) is 2.03. The zero-order chi connectivity index (χ0) is 9.30. The van der Waals surface area contributed by atoms with E-state index in [1.165, 1.54) is 0 Å². The smallest absolute Gasteiger partial charge is 0.142 e. The summed E-state index contributed by atoms with van der Waals surface area (Å²) in [4.78, 5) is 10.1. The van der Waals surface area contributed by atoms with Crippen LogP contribution < -0.4 is 5.11 Å². The molecule has 0 aromatic heterocycles. The minimum atomic E-state index is -1.77. The van der Waals surface area contributed by atoms with E-state index in [1.807, 2.05) is 0 Å². The molecule has 0 heterocycles. The molecule has 0 radical (unpaired) electrons. The molecule has 1 aromatic rings. The minimum Gasteiger partial charge on any atom is -0.545 e. The summed E-state index contributed by atoms with van der Waals surface area (Å²) >= 11 is 5.16. The molecule has 0 spiro atoms. The van der Waals surface area contributed by atoms with Gasteiger partial charge in [0.25, 0.3) is 0 Å². The highest BCUT2D eigenvalue weighted by molar-refractivity contribution is 6.30. The van der Waals surface area contributed by atoms with Gasteiger partial charge in [0.1, 0.15) is 11.6 Å². The summed E-state index contributed by atoms with van der Waals surface area (Å²) in [6.45, 7) is 0. The van der Waals surface area contributed by atoms with Crippen molar-refractivity contribution in [1.82, 2.24) is 0 Å². The Balaban J connectivity index is 3.33. The summed E-state index contributed by atoms with van der Waals surface area (Å²) in [6.07, 6.45) is 0. The van der Waals surface area contributed by atoms with E-state index < -0.39 is 28.2 Å². The van der Waals surface area contributed by atoms with Gasteiger partial charge in [0, 0.05) is 5.56 Å². The summed E-state index contributed by atoms with van der Waals surface area (Å²) in [5.41, 5.74) is -0.836. The lowest BCUT2D eigenvalue weighted by molar-refractivity contribution is -0.255. The molecule has 0 N–H and O–H groups in total. The maximum absolute atomic E-state index is 12.6. The Bertz CT molecular complexity index is 338. The van der Waals surface area contributed by atoms with Crippen molar-refractivity contribution < 1.29 is 18.7 Å². The average molecular weight is 192 g/mol. The van der Waals surface area contributed by atoms with Gasteiger partial charge in [0.15, 0.2) is 0 Å². The number of carbonyl (C=O) groups is 1. The number of hydrogen-bond acceptors (Lipinski definition) is 2. The predicted octanol–water partition coefficient (Wildman–Crippen LogP) is 0.982. The van der Waals surface area contributed by atoms with Crippen LogP contribution >= 0.6 is 11.6 Å². The normalized spacial score (nSPS) is 9.92. The van der Waals surface area contributed by atoms with Crippen molar-refractivity contribution in [3.05, 3.63) is 34.4 Å². The molecule has 0 unspecified atom stereocenters. The molecule has 5 heteroatoms. The Morgan fingerprint density at radius 2 is 1.92 bits per heavy atom. The molecule has 0 atom stereocenters. The van der Waals surface area contributed by atoms with E-state index in [0.29, 0.717) is 12.1 Å². The lowest BCUT2D eigenvalue weighted by Gasteiger charge is -2.04. The molecule has 0 saturated carbocycles. The number of halogens is 3. The largest absolute Gasteiger partial charge is 0.545 e. The summed E-state index contributed by atoms with van der Waals surface area (Å²) < 4.78 is 25.1. The maximum atomic E-state index is 12.6. The van der Waals surface area contributed by atoms with E-state index in [2.05, 4.69) is 0 Å². The van der Waals surface area contributed by atoms with E-state index in [9.17, 15) is 18.7 Å². The van der Waals surface area contributed by atoms with Crippen LogP contribution in [0.2, 0.25) is 5.02 Å². The fourth-order valence-electron chi connectivity index (χ4n) is 0.679. The highest BCUT2D eigenvalue weighted by Crippen LogP contribution is 2.18. The van der Waals surface area contributed by atoms with Crippen LogP contribution in [0.15, 0.2) is 12.1 Å². The Kier molecular flexibility index (Phi) is 2.28. The van der Waals surface area contributed by atoms with Gasteiger partial charge >= 0.3 is 0 Å². The average Bonchev–Trinajstić information content (AvgIpc) is 1.96. The van der Waals surface area contributed by atoms with Gasteiger partial charge in [-0.1, -0.05) is 11.6 Å². The lowest BCUT2D eigenvalue weighted by Crippen LogP contribution is -2.23. The van der Waals surface area contributed by atoms with E-state index in [0.717, 1.165) is 0 Å². The Morgan fingerprint density at radius 1 is 1.33 bits per heavy atom. The third kappa shape index (κ3) is 1.53. The number of rotatable bonds is 1. The number of benzene rings is 1. The fourth-order valence-corrected chi connectivity index (χ4v) is 0.829. The number of carbonyl (C=O) groups excluding carboxylic acids is 1. The second kappa shape index (κ2) is 3.06. The highest BCUT2D eigenvalue weighted by Gasteiger charge is 2.08. The zero-order valence-corrected chi connectivity index (χ0v) is 6.36. The summed E-state index contributed by atoms with van der Waals surface area (Å²) in [7, 11) is 0. The van der Waals surface area contributed by atoms with Gasteiger partial charge in [-0.05, 0) is 12.1 Å². The fraction of sp³-hybridized carbons (Fsp3) is 0. The van der Waals surface area contributed by atoms with Gasteiger partial charge < -0.3 is 9.90 Å². The maximum Gasteiger partial charge on any atom is 0.142 e. The predicted molar refractivity (Wildman–Crippen MR) is 35.7 cm³/mol. The molecule has 0 fully saturated rings. The first-order valence-electron chi connectivity index (χ1n) is 2.88. The van der Waals surface area contributed by atoms with E-state index in [1.54, 1.807) is 0 Å². The van der Waals surface area contributed by atoms with Gasteiger partial charge in [-0.15, -0.1) is 0 Å². The first kappa shape index (κ1) is 8.93. The number of hydrogen-bond donors (Lipinski definition) is 0. The molecule has 0 amide bonds. The molecule has 12 heavy (non-hydrogen) atoms. The topological polar surface area (TPSA) is 40.1 Å². The lowest BCUT2D eigenvalue weighted by atomic mass is 10.2. The van der Waals surface area contributed by atoms with Crippen LogP contribution in [-0.2, 0) is 0 Å². The molecule has 0 saturated heterocycles. The summed E-state index contributed by atoms with van der Waals surface area (Å²) in [5, 5.41) is 9.66. The molecular weight excluding hydrogens is 190 g/mol. The van der Waals surface area contributed by atoms with Gasteiger partial charge in [0.2, 0.25) is 0 Å². The third-order valence-corrected chi connectivity index (χ3v) is 1.52. The first-order valence-corrected chi connectivity index (χ1v) is 3.26. The van der Waals surface area contributed by atoms with Gasteiger partial charge in [-0.3, -0.25) is 0 Å². The number of carboxylic acids is 1. The van der Waals surface area contributed by atoms with Gasteiger partial charge in [-0.25, -0.2) is 8.78 Å². The minimum absolute atomic E-state index is 0.461. The van der Waals surface area contributed by atoms with Crippen molar-refractivity contribution in [3.63, 3.8) is 0 Å². The van der Waals surface area contributed by atoms with Crippen LogP contribution in [0.3, 0.4) is 0 Å². The molecule has 0 bridgehead atoms. The van der Waals surface area contributed by atoms with Crippen molar-refractivity contribution in [2.75, 3.05) is 0 Å². The molecule has 1 aromatic carbocycles. The van der Waals surface area contributed by atoms with Crippen molar-refractivity contribution in [3.8, 4) is 0 Å². The second-order valence-corrected chi connectivity index (χ2v) is 2.44. The molecule has 64 valence electrons. The van der Waals surface area contributed by atoms with Crippen LogP contribution in [0, 0.1) is 11.6 Å². The van der Waals surface area contributed by atoms with Gasteiger partial charge in [0.05, 0.1) is 11.0 Å². The molecule has 0 aliphatic heterocycles. The standard InChI is InChI=1S/C7H3ClF2O2/c8-4-2-5(9)3(7(11)12)1-6(4)10/h1-2H,(H,11,12)/p-1. The van der Waals surface area contributed by atoms with Crippen LogP contribution in [-0.4, -0.2) is 5.97 Å². The molecule has 2 nitrogen and oxygen atoms in total. The van der Waals surface area contributed by atoms with E-state index in [4.69, 9.17) is 11.6 Å². The van der Waals surface area contributed by atoms with Crippen LogP contribution in [0.4, 0.5) is 8.78 Å². The van der Waals surface area contributed by atoms with Gasteiger partial charge in [-0.2, -0.15) is 0 Å². The first-order chi connectivity index (χ1) is 5.52. The van der Waals surface area contributed by atoms with Crippen molar-refractivity contribution in [2.45, 2.75) is 0 Å². The zero-order valence-electron chi connectivity index (χ0n) is 5.61.